The van der Waals surface area contributed by atoms with Gasteiger partial charge < -0.3 is 10.6 Å². The van der Waals surface area contributed by atoms with Crippen molar-refractivity contribution in [2.24, 2.45) is 0 Å². The number of rotatable bonds is 4. The van der Waals surface area contributed by atoms with E-state index in [9.17, 15) is 9.18 Å². The monoisotopic (exact) mass is 364 g/mol. The van der Waals surface area contributed by atoms with E-state index in [4.69, 9.17) is 11.6 Å². The van der Waals surface area contributed by atoms with Gasteiger partial charge in [-0.2, -0.15) is 0 Å². The Bertz CT molecular complexity index is 782. The van der Waals surface area contributed by atoms with Gasteiger partial charge >= 0.3 is 0 Å². The van der Waals surface area contributed by atoms with Crippen LogP contribution < -0.4 is 10.6 Å². The second kappa shape index (κ2) is 7.55. The molecule has 0 aliphatic carbocycles. The highest BCUT2D eigenvalue weighted by atomic mass is 35.5. The zero-order valence-corrected chi connectivity index (χ0v) is 14.9. The molecule has 1 aliphatic rings. The van der Waals surface area contributed by atoms with E-state index in [1.165, 1.54) is 0 Å². The van der Waals surface area contributed by atoms with E-state index in [0.29, 0.717) is 29.1 Å². The first kappa shape index (κ1) is 17.3. The molecule has 2 aromatic rings. The number of hydrogen-bond donors (Lipinski definition) is 2. The molecule has 0 fully saturated rings. The molecular formula is C18H18ClFN2OS. The number of anilines is 1. The third-order valence-corrected chi connectivity index (χ3v) is 5.13. The first-order valence-corrected chi connectivity index (χ1v) is 9.21. The molecule has 0 saturated carbocycles. The summed E-state index contributed by atoms with van der Waals surface area (Å²) < 4.78 is 14.7. The van der Waals surface area contributed by atoms with Crippen molar-refractivity contribution in [2.75, 3.05) is 17.6 Å². The Hall–Kier alpha value is -1.56. The summed E-state index contributed by atoms with van der Waals surface area (Å²) in [4.78, 5) is 13.5. The standard InChI is InChI=1S/C18H18ClFN2OS/c1-2-24-16-6-4-12(19)9-14(16)18(23)22-15-5-3-11-10-21-8-7-13(11)17(15)20/h3-6,9,21H,2,7-8,10H2,1H3,(H,22,23). The van der Waals surface area contributed by atoms with Gasteiger partial charge in [0, 0.05) is 16.5 Å². The topological polar surface area (TPSA) is 41.1 Å². The van der Waals surface area contributed by atoms with Crippen LogP contribution >= 0.6 is 23.4 Å². The summed E-state index contributed by atoms with van der Waals surface area (Å²) >= 11 is 7.57. The summed E-state index contributed by atoms with van der Waals surface area (Å²) in [5, 5.41) is 6.39. The van der Waals surface area contributed by atoms with Crippen LogP contribution in [0.3, 0.4) is 0 Å². The van der Waals surface area contributed by atoms with Gasteiger partial charge in [-0.3, -0.25) is 4.79 Å². The number of hydrogen-bond acceptors (Lipinski definition) is 3. The second-order valence-corrected chi connectivity index (χ2v) is 7.26. The summed E-state index contributed by atoms with van der Waals surface area (Å²) in [7, 11) is 0. The lowest BCUT2D eigenvalue weighted by Crippen LogP contribution is -2.25. The van der Waals surface area contributed by atoms with Crippen molar-refractivity contribution in [1.29, 1.82) is 0 Å². The van der Waals surface area contributed by atoms with Crippen molar-refractivity contribution >= 4 is 35.0 Å². The van der Waals surface area contributed by atoms with Gasteiger partial charge in [-0.15, -0.1) is 11.8 Å². The van der Waals surface area contributed by atoms with Crippen molar-refractivity contribution in [1.82, 2.24) is 5.32 Å². The number of carbonyl (C=O) groups is 1. The number of fused-ring (bicyclic) bond motifs is 1. The molecule has 24 heavy (non-hydrogen) atoms. The van der Waals surface area contributed by atoms with Gasteiger partial charge in [0.25, 0.3) is 5.91 Å². The van der Waals surface area contributed by atoms with E-state index in [2.05, 4.69) is 10.6 Å². The van der Waals surface area contributed by atoms with Crippen LogP contribution in [-0.4, -0.2) is 18.2 Å². The molecule has 0 unspecified atom stereocenters. The minimum absolute atomic E-state index is 0.216. The molecule has 0 bridgehead atoms. The molecule has 0 saturated heterocycles. The number of nitrogens with one attached hydrogen (secondary N) is 2. The molecule has 6 heteroatoms. The normalized spacial score (nSPS) is 13.5. The predicted molar refractivity (Wildman–Crippen MR) is 97.6 cm³/mol. The maximum atomic E-state index is 14.7. The van der Waals surface area contributed by atoms with Crippen LogP contribution in [0.4, 0.5) is 10.1 Å². The zero-order valence-electron chi connectivity index (χ0n) is 13.3. The molecule has 0 spiro atoms. The number of benzene rings is 2. The van der Waals surface area contributed by atoms with Crippen LogP contribution in [0.25, 0.3) is 0 Å². The molecule has 3 nitrogen and oxygen atoms in total. The third-order valence-electron chi connectivity index (χ3n) is 3.94. The van der Waals surface area contributed by atoms with E-state index >= 15 is 0 Å². The lowest BCUT2D eigenvalue weighted by atomic mass is 9.99. The first-order chi connectivity index (χ1) is 11.6. The molecule has 0 aromatic heterocycles. The zero-order chi connectivity index (χ0) is 17.1. The van der Waals surface area contributed by atoms with Gasteiger partial charge in [0.05, 0.1) is 11.3 Å². The number of thioether (sulfide) groups is 1. The summed E-state index contributed by atoms with van der Waals surface area (Å²) in [6.45, 7) is 3.41. The molecule has 2 aromatic carbocycles. The minimum atomic E-state index is -0.346. The molecule has 1 amide bonds. The lowest BCUT2D eigenvalue weighted by molar-refractivity contribution is 0.102. The minimum Gasteiger partial charge on any atom is -0.319 e. The van der Waals surface area contributed by atoms with Crippen LogP contribution in [0, 0.1) is 5.82 Å². The van der Waals surface area contributed by atoms with E-state index in [0.717, 1.165) is 22.8 Å². The molecular weight excluding hydrogens is 347 g/mol. The highest BCUT2D eigenvalue weighted by Crippen LogP contribution is 2.28. The summed E-state index contributed by atoms with van der Waals surface area (Å²) in [5.41, 5.74) is 2.31. The summed E-state index contributed by atoms with van der Waals surface area (Å²) in [6.07, 6.45) is 0.624. The Kier molecular flexibility index (Phi) is 5.43. The molecule has 126 valence electrons. The van der Waals surface area contributed by atoms with Crippen molar-refractivity contribution in [2.45, 2.75) is 24.8 Å². The van der Waals surface area contributed by atoms with Crippen molar-refractivity contribution in [3.63, 3.8) is 0 Å². The summed E-state index contributed by atoms with van der Waals surface area (Å²) in [5.74, 6) is 0.151. The largest absolute Gasteiger partial charge is 0.319 e. The summed E-state index contributed by atoms with van der Waals surface area (Å²) in [6, 6.07) is 8.67. The molecule has 0 radical (unpaired) electrons. The van der Waals surface area contributed by atoms with Crippen LogP contribution in [0.1, 0.15) is 28.4 Å². The fourth-order valence-electron chi connectivity index (χ4n) is 2.78. The Balaban J connectivity index is 1.89. The predicted octanol–water partition coefficient (Wildman–Crippen LogP) is 4.49. The fraction of sp³-hybridized carbons (Fsp3) is 0.278. The van der Waals surface area contributed by atoms with Crippen molar-refractivity contribution in [3.8, 4) is 0 Å². The third kappa shape index (κ3) is 3.58. The van der Waals surface area contributed by atoms with Gasteiger partial charge in [0.2, 0.25) is 0 Å². The molecule has 1 heterocycles. The van der Waals surface area contributed by atoms with Gasteiger partial charge in [-0.1, -0.05) is 24.6 Å². The van der Waals surface area contributed by atoms with E-state index in [-0.39, 0.29) is 17.4 Å². The van der Waals surface area contributed by atoms with Crippen LogP contribution in [0.2, 0.25) is 5.02 Å². The molecule has 0 atom stereocenters. The highest BCUT2D eigenvalue weighted by Gasteiger charge is 2.19. The molecule has 2 N–H and O–H groups in total. The maximum Gasteiger partial charge on any atom is 0.256 e. The number of carbonyl (C=O) groups excluding carboxylic acids is 1. The lowest BCUT2D eigenvalue weighted by Gasteiger charge is -2.19. The van der Waals surface area contributed by atoms with Crippen LogP contribution in [-0.2, 0) is 13.0 Å². The van der Waals surface area contributed by atoms with Crippen molar-refractivity contribution in [3.05, 3.63) is 57.9 Å². The van der Waals surface area contributed by atoms with E-state index in [1.807, 2.05) is 19.1 Å². The van der Waals surface area contributed by atoms with E-state index < -0.39 is 0 Å². The van der Waals surface area contributed by atoms with Gasteiger partial charge in [0.1, 0.15) is 5.82 Å². The van der Waals surface area contributed by atoms with Gasteiger partial charge in [-0.05, 0) is 54.1 Å². The highest BCUT2D eigenvalue weighted by molar-refractivity contribution is 7.99. The quantitative estimate of drug-likeness (QED) is 0.785. The van der Waals surface area contributed by atoms with Crippen molar-refractivity contribution < 1.29 is 9.18 Å². The van der Waals surface area contributed by atoms with Gasteiger partial charge in [0.15, 0.2) is 0 Å². The first-order valence-electron chi connectivity index (χ1n) is 7.84. The average molecular weight is 365 g/mol. The van der Waals surface area contributed by atoms with Crippen LogP contribution in [0.15, 0.2) is 35.2 Å². The fourth-order valence-corrected chi connectivity index (χ4v) is 3.74. The van der Waals surface area contributed by atoms with Gasteiger partial charge in [-0.25, -0.2) is 4.39 Å². The maximum absolute atomic E-state index is 14.7. The van der Waals surface area contributed by atoms with Crippen LogP contribution in [0.5, 0.6) is 0 Å². The smallest absolute Gasteiger partial charge is 0.256 e. The average Bonchev–Trinajstić information content (AvgIpc) is 2.59. The molecule has 1 aliphatic heterocycles. The molecule has 3 rings (SSSR count). The van der Waals surface area contributed by atoms with E-state index in [1.54, 1.807) is 30.0 Å². The Morgan fingerprint density at radius 1 is 1.38 bits per heavy atom. The Morgan fingerprint density at radius 3 is 3.00 bits per heavy atom. The second-order valence-electron chi connectivity index (χ2n) is 5.52. The SMILES string of the molecule is CCSc1ccc(Cl)cc1C(=O)Nc1ccc2c(c1F)CCNC2. The number of amides is 1. The number of halogens is 2. The Morgan fingerprint density at radius 2 is 2.21 bits per heavy atom. The Labute approximate surface area is 150 Å².